The van der Waals surface area contributed by atoms with Crippen LogP contribution in [0.3, 0.4) is 0 Å². The highest BCUT2D eigenvalue weighted by atomic mass is 127. The quantitative estimate of drug-likeness (QED) is 0.201. The first-order chi connectivity index (χ1) is 12.6. The summed E-state index contributed by atoms with van der Waals surface area (Å²) in [5.41, 5.74) is 1.11. The van der Waals surface area contributed by atoms with Crippen molar-refractivity contribution in [2.45, 2.75) is 40.2 Å². The molecular weight excluding hydrogens is 457 g/mol. The van der Waals surface area contributed by atoms with Gasteiger partial charge in [-0.25, -0.2) is 0 Å². The smallest absolute Gasteiger partial charge is 0.191 e. The first kappa shape index (κ1) is 25.8. The van der Waals surface area contributed by atoms with Crippen LogP contribution >= 0.6 is 24.0 Å². The summed E-state index contributed by atoms with van der Waals surface area (Å²) in [6, 6.07) is 5.98. The van der Waals surface area contributed by atoms with Crippen LogP contribution in [-0.2, 0) is 11.3 Å². The molecule has 7 heteroatoms. The number of hydrogen-bond acceptors (Lipinski definition) is 4. The summed E-state index contributed by atoms with van der Waals surface area (Å²) in [6.07, 6.45) is 1.92. The first-order valence-corrected chi connectivity index (χ1v) is 9.42. The lowest BCUT2D eigenvalue weighted by molar-refractivity contribution is 0.108. The highest BCUT2D eigenvalue weighted by molar-refractivity contribution is 14.0. The van der Waals surface area contributed by atoms with E-state index in [-0.39, 0.29) is 24.0 Å². The molecule has 0 aliphatic rings. The number of ether oxygens (including phenoxy) is 3. The van der Waals surface area contributed by atoms with Crippen LogP contribution in [-0.4, -0.2) is 46.5 Å². The van der Waals surface area contributed by atoms with Crippen LogP contribution in [0, 0.1) is 5.92 Å². The largest absolute Gasteiger partial charge is 0.493 e. The number of nitrogens with zero attached hydrogens (tertiary/aromatic N) is 1. The van der Waals surface area contributed by atoms with Crippen LogP contribution in [0.1, 0.15) is 39.2 Å². The third-order valence-corrected chi connectivity index (χ3v) is 3.58. The van der Waals surface area contributed by atoms with Crippen LogP contribution < -0.4 is 20.1 Å². The molecule has 156 valence electrons. The second-order valence-corrected chi connectivity index (χ2v) is 6.51. The SMILES string of the molecule is CCCOc1ccc(CNC(=NC)NCCCOCC(C)C)cc1OC.I. The first-order valence-electron chi connectivity index (χ1n) is 9.42. The number of aliphatic imine (C=N–C) groups is 1. The van der Waals surface area contributed by atoms with Gasteiger partial charge in [-0.05, 0) is 36.5 Å². The van der Waals surface area contributed by atoms with Gasteiger partial charge in [-0.15, -0.1) is 24.0 Å². The van der Waals surface area contributed by atoms with E-state index >= 15 is 0 Å². The maximum absolute atomic E-state index is 5.69. The van der Waals surface area contributed by atoms with Crippen molar-refractivity contribution in [2.24, 2.45) is 10.9 Å². The van der Waals surface area contributed by atoms with Crippen molar-refractivity contribution < 1.29 is 14.2 Å². The second kappa shape index (κ2) is 15.8. The molecule has 0 aliphatic carbocycles. The van der Waals surface area contributed by atoms with E-state index in [0.717, 1.165) is 55.6 Å². The molecule has 0 bridgehead atoms. The lowest BCUT2D eigenvalue weighted by atomic mass is 10.2. The molecule has 0 amide bonds. The maximum Gasteiger partial charge on any atom is 0.191 e. The maximum atomic E-state index is 5.69. The average Bonchev–Trinajstić information content (AvgIpc) is 2.65. The molecule has 2 N–H and O–H groups in total. The van der Waals surface area contributed by atoms with Gasteiger partial charge in [0.1, 0.15) is 0 Å². The van der Waals surface area contributed by atoms with Gasteiger partial charge in [-0.2, -0.15) is 0 Å². The fourth-order valence-electron chi connectivity index (χ4n) is 2.26. The molecule has 1 aromatic carbocycles. The predicted molar refractivity (Wildman–Crippen MR) is 123 cm³/mol. The van der Waals surface area contributed by atoms with Gasteiger partial charge in [0.25, 0.3) is 0 Å². The Morgan fingerprint density at radius 3 is 2.56 bits per heavy atom. The Kier molecular flexibility index (Phi) is 15.1. The molecule has 6 nitrogen and oxygen atoms in total. The van der Waals surface area contributed by atoms with Crippen LogP contribution in [0.25, 0.3) is 0 Å². The van der Waals surface area contributed by atoms with Crippen molar-refractivity contribution in [2.75, 3.05) is 40.5 Å². The highest BCUT2D eigenvalue weighted by Gasteiger charge is 2.06. The minimum absolute atomic E-state index is 0. The van der Waals surface area contributed by atoms with Crippen molar-refractivity contribution in [1.82, 2.24) is 10.6 Å². The van der Waals surface area contributed by atoms with Gasteiger partial charge in [0.15, 0.2) is 17.5 Å². The van der Waals surface area contributed by atoms with E-state index in [1.54, 1.807) is 14.2 Å². The summed E-state index contributed by atoms with van der Waals surface area (Å²) < 4.78 is 16.7. The number of hydrogen-bond donors (Lipinski definition) is 2. The number of benzene rings is 1. The molecule has 0 unspecified atom stereocenters. The third kappa shape index (κ3) is 11.3. The van der Waals surface area contributed by atoms with E-state index in [1.807, 2.05) is 18.2 Å². The molecule has 0 radical (unpaired) electrons. The summed E-state index contributed by atoms with van der Waals surface area (Å²) >= 11 is 0. The molecular formula is C20H36IN3O3. The zero-order valence-corrected chi connectivity index (χ0v) is 19.7. The third-order valence-electron chi connectivity index (χ3n) is 3.58. The molecule has 0 aliphatic heterocycles. The fourth-order valence-corrected chi connectivity index (χ4v) is 2.26. The van der Waals surface area contributed by atoms with E-state index in [2.05, 4.69) is 36.4 Å². The second-order valence-electron chi connectivity index (χ2n) is 6.51. The predicted octanol–water partition coefficient (Wildman–Crippen LogP) is 3.83. The van der Waals surface area contributed by atoms with Gasteiger partial charge in [-0.1, -0.05) is 26.8 Å². The van der Waals surface area contributed by atoms with Gasteiger partial charge in [0, 0.05) is 33.4 Å². The lowest BCUT2D eigenvalue weighted by Gasteiger charge is -2.14. The van der Waals surface area contributed by atoms with Crippen molar-refractivity contribution in [1.29, 1.82) is 0 Å². The molecule has 0 fully saturated rings. The summed E-state index contributed by atoms with van der Waals surface area (Å²) in [4.78, 5) is 4.25. The van der Waals surface area contributed by atoms with Crippen LogP contribution in [0.2, 0.25) is 0 Å². The molecule has 0 saturated carbocycles. The molecule has 0 saturated heterocycles. The normalized spacial score (nSPS) is 11.1. The van der Waals surface area contributed by atoms with Crippen molar-refractivity contribution in [3.63, 3.8) is 0 Å². The highest BCUT2D eigenvalue weighted by Crippen LogP contribution is 2.28. The summed E-state index contributed by atoms with van der Waals surface area (Å²) in [6.45, 7) is 10.1. The number of nitrogens with one attached hydrogen (secondary N) is 2. The van der Waals surface area contributed by atoms with Gasteiger partial charge >= 0.3 is 0 Å². The topological polar surface area (TPSA) is 64.1 Å². The zero-order valence-electron chi connectivity index (χ0n) is 17.3. The van der Waals surface area contributed by atoms with Crippen LogP contribution in [0.4, 0.5) is 0 Å². The molecule has 0 spiro atoms. The summed E-state index contributed by atoms with van der Waals surface area (Å²) in [5.74, 6) is 2.89. The zero-order chi connectivity index (χ0) is 19.2. The van der Waals surface area contributed by atoms with Gasteiger partial charge < -0.3 is 24.8 Å². The van der Waals surface area contributed by atoms with Crippen molar-refractivity contribution >= 4 is 29.9 Å². The average molecular weight is 493 g/mol. The van der Waals surface area contributed by atoms with E-state index in [4.69, 9.17) is 14.2 Å². The Bertz CT molecular complexity index is 539. The minimum Gasteiger partial charge on any atom is -0.493 e. The Morgan fingerprint density at radius 2 is 1.93 bits per heavy atom. The van der Waals surface area contributed by atoms with Gasteiger partial charge in [0.05, 0.1) is 13.7 Å². The summed E-state index contributed by atoms with van der Waals surface area (Å²) in [7, 11) is 3.43. The Morgan fingerprint density at radius 1 is 1.15 bits per heavy atom. The van der Waals surface area contributed by atoms with E-state index in [0.29, 0.717) is 19.1 Å². The Hall–Kier alpha value is -1.22. The monoisotopic (exact) mass is 493 g/mol. The molecule has 0 aromatic heterocycles. The molecule has 1 rings (SSSR count). The molecule has 1 aromatic rings. The number of methoxy groups -OCH3 is 1. The molecule has 27 heavy (non-hydrogen) atoms. The number of guanidine groups is 1. The van der Waals surface area contributed by atoms with Gasteiger partial charge in [-0.3, -0.25) is 4.99 Å². The molecule has 0 atom stereocenters. The Balaban J connectivity index is 0.00000676. The molecule has 0 heterocycles. The van der Waals surface area contributed by atoms with E-state index in [1.165, 1.54) is 0 Å². The minimum atomic E-state index is 0. The van der Waals surface area contributed by atoms with Crippen molar-refractivity contribution in [3.8, 4) is 11.5 Å². The Labute approximate surface area is 181 Å². The fraction of sp³-hybridized carbons (Fsp3) is 0.650. The van der Waals surface area contributed by atoms with Crippen LogP contribution in [0.15, 0.2) is 23.2 Å². The standard InChI is InChI=1S/C20H35N3O3.HI/c1-6-11-26-18-9-8-17(13-19(18)24-5)14-23-20(21-4)22-10-7-12-25-15-16(2)3;/h8-9,13,16H,6-7,10-12,14-15H2,1-5H3,(H2,21,22,23);1H. The van der Waals surface area contributed by atoms with E-state index < -0.39 is 0 Å². The van der Waals surface area contributed by atoms with Gasteiger partial charge in [0.2, 0.25) is 0 Å². The lowest BCUT2D eigenvalue weighted by Crippen LogP contribution is -2.37. The van der Waals surface area contributed by atoms with E-state index in [9.17, 15) is 0 Å². The van der Waals surface area contributed by atoms with Crippen molar-refractivity contribution in [3.05, 3.63) is 23.8 Å². The summed E-state index contributed by atoms with van der Waals surface area (Å²) in [5, 5.41) is 6.61. The number of rotatable bonds is 12. The number of halogens is 1. The van der Waals surface area contributed by atoms with Crippen LogP contribution in [0.5, 0.6) is 11.5 Å².